The lowest BCUT2D eigenvalue weighted by atomic mass is 9.88. The van der Waals surface area contributed by atoms with Crippen LogP contribution in [0.3, 0.4) is 0 Å². The summed E-state index contributed by atoms with van der Waals surface area (Å²) in [7, 11) is 0. The number of nitrogens with one attached hydrogen (secondary N) is 2. The summed E-state index contributed by atoms with van der Waals surface area (Å²) in [6.07, 6.45) is 5.62. The van der Waals surface area contributed by atoms with E-state index in [1.165, 1.54) is 5.56 Å². The van der Waals surface area contributed by atoms with E-state index in [0.717, 1.165) is 37.7 Å². The molecule has 0 spiro atoms. The normalized spacial score (nSPS) is 18.0. The molecule has 1 saturated carbocycles. The number of pyridine rings is 1. The Morgan fingerprint density at radius 2 is 1.81 bits per heavy atom. The van der Waals surface area contributed by atoms with Crippen molar-refractivity contribution in [3.8, 4) is 11.5 Å². The summed E-state index contributed by atoms with van der Waals surface area (Å²) < 4.78 is 11.4. The standard InChI is InChI=1S/C24H29N3O4/c1-24(2,3)31-23(29)26-18-8-6-15-7-9-19(13-17(15)12-18)30-20-10-11-25-21(14-20)27-22(28)16-4-5-16/h7,9-11,13-14,16,18H,4-6,8,12H2,1-3H3,(H,26,29)(H,25,27,28). The van der Waals surface area contributed by atoms with Crippen LogP contribution in [0.15, 0.2) is 36.5 Å². The zero-order valence-electron chi connectivity index (χ0n) is 18.2. The van der Waals surface area contributed by atoms with Crippen molar-refractivity contribution in [3.63, 3.8) is 0 Å². The molecule has 2 aromatic rings. The molecule has 31 heavy (non-hydrogen) atoms. The van der Waals surface area contributed by atoms with Gasteiger partial charge in [0.25, 0.3) is 0 Å². The maximum absolute atomic E-state index is 12.1. The number of fused-ring (bicyclic) bond motifs is 1. The molecule has 0 saturated heterocycles. The average Bonchev–Trinajstić information content (AvgIpc) is 3.52. The third-order valence-corrected chi connectivity index (χ3v) is 5.29. The number of carbonyl (C=O) groups is 2. The zero-order chi connectivity index (χ0) is 22.0. The highest BCUT2D eigenvalue weighted by molar-refractivity contribution is 5.93. The van der Waals surface area contributed by atoms with Crippen LogP contribution in [0, 0.1) is 5.92 Å². The number of aryl methyl sites for hydroxylation is 1. The van der Waals surface area contributed by atoms with Gasteiger partial charge in [-0.15, -0.1) is 0 Å². The Morgan fingerprint density at radius 3 is 2.55 bits per heavy atom. The van der Waals surface area contributed by atoms with Crippen molar-refractivity contribution in [3.05, 3.63) is 47.7 Å². The third-order valence-electron chi connectivity index (χ3n) is 5.29. The predicted octanol–water partition coefficient (Wildman–Crippen LogP) is 4.60. The topological polar surface area (TPSA) is 89.6 Å². The Hall–Kier alpha value is -3.09. The minimum absolute atomic E-state index is 0.0157. The summed E-state index contributed by atoms with van der Waals surface area (Å²) in [5, 5.41) is 5.81. The smallest absolute Gasteiger partial charge is 0.407 e. The van der Waals surface area contributed by atoms with Gasteiger partial charge in [0.15, 0.2) is 0 Å². The second kappa shape index (κ2) is 8.57. The first-order chi connectivity index (χ1) is 14.7. The van der Waals surface area contributed by atoms with E-state index in [1.807, 2.05) is 32.9 Å². The number of hydrogen-bond acceptors (Lipinski definition) is 5. The number of benzene rings is 1. The Morgan fingerprint density at radius 1 is 1.03 bits per heavy atom. The van der Waals surface area contributed by atoms with Crippen LogP contribution in [0.2, 0.25) is 0 Å². The second-order valence-electron chi connectivity index (χ2n) is 9.26. The molecular formula is C24H29N3O4. The molecule has 0 radical (unpaired) electrons. The number of alkyl carbamates (subject to hydrolysis) is 1. The molecule has 164 valence electrons. The monoisotopic (exact) mass is 423 g/mol. The maximum atomic E-state index is 12.1. The minimum Gasteiger partial charge on any atom is -0.457 e. The molecule has 2 amide bonds. The fourth-order valence-corrected chi connectivity index (χ4v) is 3.65. The van der Waals surface area contributed by atoms with Crippen molar-refractivity contribution in [2.24, 2.45) is 5.92 Å². The highest BCUT2D eigenvalue weighted by Gasteiger charge is 2.30. The Balaban J connectivity index is 1.39. The molecular weight excluding hydrogens is 394 g/mol. The third kappa shape index (κ3) is 5.96. The van der Waals surface area contributed by atoms with Gasteiger partial charge in [-0.2, -0.15) is 0 Å². The van der Waals surface area contributed by atoms with E-state index in [-0.39, 0.29) is 24.0 Å². The molecule has 2 aliphatic rings. The van der Waals surface area contributed by atoms with Gasteiger partial charge in [-0.3, -0.25) is 4.79 Å². The maximum Gasteiger partial charge on any atom is 0.407 e. The van der Waals surface area contributed by atoms with Crippen LogP contribution in [-0.2, 0) is 22.4 Å². The summed E-state index contributed by atoms with van der Waals surface area (Å²) in [5.74, 6) is 1.95. The van der Waals surface area contributed by atoms with Crippen LogP contribution in [-0.4, -0.2) is 28.6 Å². The fourth-order valence-electron chi connectivity index (χ4n) is 3.65. The predicted molar refractivity (Wildman–Crippen MR) is 117 cm³/mol. The summed E-state index contributed by atoms with van der Waals surface area (Å²) >= 11 is 0. The van der Waals surface area contributed by atoms with E-state index in [2.05, 4.69) is 21.7 Å². The number of amides is 2. The minimum atomic E-state index is -0.515. The number of carbonyl (C=O) groups excluding carboxylic acids is 2. The van der Waals surface area contributed by atoms with Crippen LogP contribution in [0.5, 0.6) is 11.5 Å². The van der Waals surface area contributed by atoms with Gasteiger partial charge in [-0.25, -0.2) is 9.78 Å². The van der Waals surface area contributed by atoms with Gasteiger partial charge < -0.3 is 20.1 Å². The molecule has 1 atom stereocenters. The van der Waals surface area contributed by atoms with Gasteiger partial charge >= 0.3 is 6.09 Å². The first kappa shape index (κ1) is 21.2. The summed E-state index contributed by atoms with van der Waals surface area (Å²) in [5.41, 5.74) is 1.90. The summed E-state index contributed by atoms with van der Waals surface area (Å²) in [6, 6.07) is 9.56. The highest BCUT2D eigenvalue weighted by atomic mass is 16.6. The van der Waals surface area contributed by atoms with Gasteiger partial charge in [-0.1, -0.05) is 6.07 Å². The molecule has 7 heteroatoms. The number of aromatic nitrogens is 1. The molecule has 1 fully saturated rings. The Kier molecular flexibility index (Phi) is 5.85. The van der Waals surface area contributed by atoms with Gasteiger partial charge in [0.1, 0.15) is 22.9 Å². The van der Waals surface area contributed by atoms with E-state index in [0.29, 0.717) is 17.3 Å². The van der Waals surface area contributed by atoms with Gasteiger partial charge in [0, 0.05) is 24.2 Å². The molecule has 0 aliphatic heterocycles. The number of anilines is 1. The molecule has 1 aromatic heterocycles. The molecule has 2 N–H and O–H groups in total. The van der Waals surface area contributed by atoms with Gasteiger partial charge in [-0.05, 0) is 82.2 Å². The molecule has 1 heterocycles. The van der Waals surface area contributed by atoms with Crippen LogP contribution < -0.4 is 15.4 Å². The van der Waals surface area contributed by atoms with Crippen molar-refractivity contribution in [1.82, 2.24) is 10.3 Å². The quantitative estimate of drug-likeness (QED) is 0.733. The average molecular weight is 424 g/mol. The zero-order valence-corrected chi connectivity index (χ0v) is 18.2. The van der Waals surface area contributed by atoms with Gasteiger partial charge in [0.05, 0.1) is 0 Å². The number of ether oxygens (including phenoxy) is 2. The first-order valence-electron chi connectivity index (χ1n) is 10.8. The second-order valence-corrected chi connectivity index (χ2v) is 9.26. The lowest BCUT2D eigenvalue weighted by Gasteiger charge is -2.27. The largest absolute Gasteiger partial charge is 0.457 e. The Bertz CT molecular complexity index is 979. The Labute approximate surface area is 182 Å². The number of rotatable bonds is 5. The highest BCUT2D eigenvalue weighted by Crippen LogP contribution is 2.31. The summed E-state index contributed by atoms with van der Waals surface area (Å²) in [6.45, 7) is 5.57. The number of hydrogen-bond donors (Lipinski definition) is 2. The van der Waals surface area contributed by atoms with Crippen LogP contribution in [0.4, 0.5) is 10.6 Å². The van der Waals surface area contributed by atoms with E-state index < -0.39 is 5.60 Å². The van der Waals surface area contributed by atoms with Crippen molar-refractivity contribution in [2.75, 3.05) is 5.32 Å². The molecule has 7 nitrogen and oxygen atoms in total. The van der Waals surface area contributed by atoms with E-state index in [1.54, 1.807) is 18.3 Å². The molecule has 0 bridgehead atoms. The van der Waals surface area contributed by atoms with Crippen LogP contribution in [0.1, 0.15) is 51.2 Å². The van der Waals surface area contributed by atoms with Crippen molar-refractivity contribution in [2.45, 2.75) is 64.5 Å². The molecule has 1 aromatic carbocycles. The van der Waals surface area contributed by atoms with E-state index >= 15 is 0 Å². The van der Waals surface area contributed by atoms with Crippen LogP contribution >= 0.6 is 0 Å². The lowest BCUT2D eigenvalue weighted by molar-refractivity contribution is -0.117. The van der Waals surface area contributed by atoms with Crippen LogP contribution in [0.25, 0.3) is 0 Å². The molecule has 4 rings (SSSR count). The lowest BCUT2D eigenvalue weighted by Crippen LogP contribution is -2.41. The van der Waals surface area contributed by atoms with Gasteiger partial charge in [0.2, 0.25) is 5.91 Å². The van der Waals surface area contributed by atoms with E-state index in [9.17, 15) is 9.59 Å². The fraction of sp³-hybridized carbons (Fsp3) is 0.458. The molecule has 1 unspecified atom stereocenters. The SMILES string of the molecule is CC(C)(C)OC(=O)NC1CCc2ccc(Oc3ccnc(NC(=O)C4CC4)c3)cc2C1. The number of nitrogens with zero attached hydrogens (tertiary/aromatic N) is 1. The van der Waals surface area contributed by atoms with E-state index in [4.69, 9.17) is 9.47 Å². The van der Waals surface area contributed by atoms with Crippen molar-refractivity contribution >= 4 is 17.8 Å². The van der Waals surface area contributed by atoms with Crippen molar-refractivity contribution in [1.29, 1.82) is 0 Å². The summed E-state index contributed by atoms with van der Waals surface area (Å²) in [4.78, 5) is 28.3. The first-order valence-corrected chi connectivity index (χ1v) is 10.8. The molecule has 2 aliphatic carbocycles. The van der Waals surface area contributed by atoms with Crippen molar-refractivity contribution < 1.29 is 19.1 Å².